The van der Waals surface area contributed by atoms with Gasteiger partial charge in [-0.15, -0.1) is 5.10 Å². The Morgan fingerprint density at radius 2 is 1.95 bits per heavy atom. The molecule has 0 aromatic carbocycles. The van der Waals surface area contributed by atoms with Crippen molar-refractivity contribution >= 4 is 0 Å². The van der Waals surface area contributed by atoms with Gasteiger partial charge in [0.25, 0.3) is 0 Å². The van der Waals surface area contributed by atoms with Gasteiger partial charge in [-0.25, -0.2) is 0 Å². The highest BCUT2D eigenvalue weighted by molar-refractivity contribution is 4.91. The molecule has 0 fully saturated rings. The summed E-state index contributed by atoms with van der Waals surface area (Å²) in [6.07, 6.45) is 3.23. The minimum Gasteiger partial charge on any atom is -0.309 e. The van der Waals surface area contributed by atoms with Crippen molar-refractivity contribution in [1.29, 1.82) is 0 Å². The summed E-state index contributed by atoms with van der Waals surface area (Å²) in [6, 6.07) is 0.475. The van der Waals surface area contributed by atoms with Crippen LogP contribution in [0.15, 0.2) is 6.20 Å². The molecule has 116 valence electrons. The fourth-order valence-electron chi connectivity index (χ4n) is 1.88. The zero-order chi connectivity index (χ0) is 15.0. The molecule has 6 heteroatoms. The van der Waals surface area contributed by atoms with Crippen molar-refractivity contribution in [2.24, 2.45) is 0 Å². The summed E-state index contributed by atoms with van der Waals surface area (Å²) in [5, 5.41) is 11.7. The lowest BCUT2D eigenvalue weighted by Gasteiger charge is -2.17. The van der Waals surface area contributed by atoms with Crippen molar-refractivity contribution in [3.63, 3.8) is 0 Å². The largest absolute Gasteiger partial charge is 0.309 e. The monoisotopic (exact) mass is 282 g/mol. The van der Waals surface area contributed by atoms with E-state index in [0.29, 0.717) is 6.04 Å². The van der Waals surface area contributed by atoms with Gasteiger partial charge in [-0.05, 0) is 40.7 Å². The van der Waals surface area contributed by atoms with E-state index in [1.165, 1.54) is 6.42 Å². The normalized spacial score (nSPS) is 12.0. The van der Waals surface area contributed by atoms with Crippen LogP contribution >= 0.6 is 0 Å². The summed E-state index contributed by atoms with van der Waals surface area (Å²) < 4.78 is 1.93. The number of likely N-dealkylation sites (N-methyl/N-ethyl adjacent to an activating group) is 1. The predicted octanol–water partition coefficient (Wildman–Crippen LogP) is 0.660. The van der Waals surface area contributed by atoms with Crippen LogP contribution in [0.5, 0.6) is 0 Å². The third kappa shape index (κ3) is 7.57. The van der Waals surface area contributed by atoms with Crippen LogP contribution in [0.3, 0.4) is 0 Å². The van der Waals surface area contributed by atoms with E-state index in [-0.39, 0.29) is 0 Å². The molecular weight excluding hydrogens is 252 g/mol. The molecule has 6 nitrogen and oxygen atoms in total. The quantitative estimate of drug-likeness (QED) is 0.683. The summed E-state index contributed by atoms with van der Waals surface area (Å²) in [5.74, 6) is 0. The summed E-state index contributed by atoms with van der Waals surface area (Å²) in [5.41, 5.74) is 1.01. The molecule has 0 aliphatic heterocycles. The van der Waals surface area contributed by atoms with E-state index in [0.717, 1.165) is 38.4 Å². The molecule has 1 rings (SSSR count). The van der Waals surface area contributed by atoms with Gasteiger partial charge in [-0.2, -0.15) is 0 Å². The average Bonchev–Trinajstić information content (AvgIpc) is 2.81. The Kier molecular flexibility index (Phi) is 7.72. The lowest BCUT2D eigenvalue weighted by atomic mass is 10.3. The van der Waals surface area contributed by atoms with Gasteiger partial charge in [0.15, 0.2) is 0 Å². The van der Waals surface area contributed by atoms with Crippen LogP contribution < -0.4 is 5.32 Å². The molecule has 0 atom stereocenters. The Balaban J connectivity index is 2.21. The first-order valence-electron chi connectivity index (χ1n) is 7.43. The zero-order valence-corrected chi connectivity index (χ0v) is 13.6. The molecule has 0 radical (unpaired) electrons. The Hall–Kier alpha value is -0.980. The van der Waals surface area contributed by atoms with Gasteiger partial charge in [-0.1, -0.05) is 19.1 Å². The first kappa shape index (κ1) is 17.1. The molecular formula is C14H30N6. The molecule has 0 aliphatic carbocycles. The smallest absolute Gasteiger partial charge is 0.0964 e. The summed E-state index contributed by atoms with van der Waals surface area (Å²) >= 11 is 0. The lowest BCUT2D eigenvalue weighted by molar-refractivity contribution is 0.285. The van der Waals surface area contributed by atoms with Gasteiger partial charge in [0, 0.05) is 25.3 Å². The Morgan fingerprint density at radius 1 is 1.20 bits per heavy atom. The molecule has 1 N–H and O–H groups in total. The molecule has 0 aliphatic rings. The molecule has 1 aromatic rings. The van der Waals surface area contributed by atoms with Crippen LogP contribution in [0.1, 0.15) is 26.0 Å². The second kappa shape index (κ2) is 9.05. The third-order valence-corrected chi connectivity index (χ3v) is 3.13. The van der Waals surface area contributed by atoms with E-state index in [9.17, 15) is 0 Å². The zero-order valence-electron chi connectivity index (χ0n) is 13.6. The summed E-state index contributed by atoms with van der Waals surface area (Å²) in [7, 11) is 6.39. The molecule has 0 saturated carbocycles. The van der Waals surface area contributed by atoms with Crippen LogP contribution in [0.25, 0.3) is 0 Å². The molecule has 20 heavy (non-hydrogen) atoms. The molecule has 0 spiro atoms. The second-order valence-corrected chi connectivity index (χ2v) is 5.97. The SMILES string of the molecule is CC(C)NCc1cn(CCN(C)CCCN(C)C)nn1. The van der Waals surface area contributed by atoms with E-state index < -0.39 is 0 Å². The van der Waals surface area contributed by atoms with Gasteiger partial charge in [0.2, 0.25) is 0 Å². The van der Waals surface area contributed by atoms with Crippen molar-refractivity contribution in [1.82, 2.24) is 30.1 Å². The number of hydrogen-bond donors (Lipinski definition) is 1. The maximum absolute atomic E-state index is 4.18. The molecule has 1 heterocycles. The Bertz CT molecular complexity index is 360. The topological polar surface area (TPSA) is 49.2 Å². The van der Waals surface area contributed by atoms with Gasteiger partial charge >= 0.3 is 0 Å². The van der Waals surface area contributed by atoms with Crippen LogP contribution in [0, 0.1) is 0 Å². The number of nitrogens with one attached hydrogen (secondary N) is 1. The molecule has 0 bridgehead atoms. The fraction of sp³-hybridized carbons (Fsp3) is 0.857. The molecule has 1 aromatic heterocycles. The standard InChI is InChI=1S/C14H30N6/c1-13(2)15-11-14-12-20(17-16-14)10-9-19(5)8-6-7-18(3)4/h12-13,15H,6-11H2,1-5H3. The van der Waals surface area contributed by atoms with E-state index in [2.05, 4.69) is 60.4 Å². The first-order chi connectivity index (χ1) is 9.47. The van der Waals surface area contributed by atoms with Crippen LogP contribution in [-0.2, 0) is 13.1 Å². The highest BCUT2D eigenvalue weighted by Gasteiger charge is 2.03. The van der Waals surface area contributed by atoms with Crippen LogP contribution in [0.2, 0.25) is 0 Å². The van der Waals surface area contributed by atoms with Crippen LogP contribution in [0.4, 0.5) is 0 Å². The van der Waals surface area contributed by atoms with Crippen molar-refractivity contribution in [3.8, 4) is 0 Å². The van der Waals surface area contributed by atoms with Crippen LogP contribution in [-0.4, -0.2) is 71.6 Å². The second-order valence-electron chi connectivity index (χ2n) is 5.97. The van der Waals surface area contributed by atoms with Crippen molar-refractivity contribution < 1.29 is 0 Å². The van der Waals surface area contributed by atoms with Crippen molar-refractivity contribution in [3.05, 3.63) is 11.9 Å². The number of hydrogen-bond acceptors (Lipinski definition) is 5. The number of rotatable bonds is 10. The van der Waals surface area contributed by atoms with E-state index in [1.54, 1.807) is 0 Å². The molecule has 0 saturated heterocycles. The Labute approximate surface area is 123 Å². The molecule has 0 unspecified atom stereocenters. The average molecular weight is 282 g/mol. The number of aromatic nitrogens is 3. The minimum atomic E-state index is 0.475. The van der Waals surface area contributed by atoms with Gasteiger partial charge in [0.1, 0.15) is 0 Å². The fourth-order valence-corrected chi connectivity index (χ4v) is 1.88. The van der Waals surface area contributed by atoms with E-state index >= 15 is 0 Å². The van der Waals surface area contributed by atoms with E-state index in [1.807, 2.05) is 10.9 Å². The van der Waals surface area contributed by atoms with Gasteiger partial charge in [-0.3, -0.25) is 4.68 Å². The highest BCUT2D eigenvalue weighted by atomic mass is 15.4. The summed E-state index contributed by atoms with van der Waals surface area (Å²) in [6.45, 7) is 9.21. The molecule has 0 amide bonds. The predicted molar refractivity (Wildman–Crippen MR) is 82.7 cm³/mol. The first-order valence-corrected chi connectivity index (χ1v) is 7.43. The lowest BCUT2D eigenvalue weighted by Crippen LogP contribution is -2.27. The van der Waals surface area contributed by atoms with Gasteiger partial charge < -0.3 is 15.1 Å². The maximum atomic E-state index is 4.18. The third-order valence-electron chi connectivity index (χ3n) is 3.13. The van der Waals surface area contributed by atoms with Crippen molar-refractivity contribution in [2.45, 2.75) is 39.4 Å². The maximum Gasteiger partial charge on any atom is 0.0964 e. The minimum absolute atomic E-state index is 0.475. The highest BCUT2D eigenvalue weighted by Crippen LogP contribution is 1.96. The van der Waals surface area contributed by atoms with E-state index in [4.69, 9.17) is 0 Å². The van der Waals surface area contributed by atoms with Gasteiger partial charge in [0.05, 0.1) is 12.2 Å². The summed E-state index contributed by atoms with van der Waals surface area (Å²) in [4.78, 5) is 4.57. The Morgan fingerprint density at radius 3 is 2.60 bits per heavy atom. The van der Waals surface area contributed by atoms with Crippen molar-refractivity contribution in [2.75, 3.05) is 40.8 Å². The number of nitrogens with zero attached hydrogens (tertiary/aromatic N) is 5.